The van der Waals surface area contributed by atoms with E-state index < -0.39 is 0 Å². The van der Waals surface area contributed by atoms with Crippen molar-refractivity contribution < 1.29 is 9.59 Å². The Bertz CT molecular complexity index is 590. The lowest BCUT2D eigenvalue weighted by Gasteiger charge is -2.20. The monoisotopic (exact) mass is 301 g/mol. The van der Waals surface area contributed by atoms with Crippen LogP contribution in [0.1, 0.15) is 43.2 Å². The number of amides is 2. The third-order valence-corrected chi connectivity index (χ3v) is 3.78. The average molecular weight is 301 g/mol. The number of carbonyl (C=O) groups excluding carboxylic acids is 2. The number of nitrogens with zero attached hydrogens (tertiary/aromatic N) is 2. The van der Waals surface area contributed by atoms with Crippen molar-refractivity contribution in [2.75, 3.05) is 13.1 Å². The zero-order valence-corrected chi connectivity index (χ0v) is 13.4. The lowest BCUT2D eigenvalue weighted by Crippen LogP contribution is -2.37. The van der Waals surface area contributed by atoms with Crippen LogP contribution in [0.4, 0.5) is 0 Å². The Morgan fingerprint density at radius 3 is 2.82 bits per heavy atom. The quantitative estimate of drug-likeness (QED) is 0.867. The molecule has 0 radical (unpaired) electrons. The van der Waals surface area contributed by atoms with Crippen LogP contribution in [0.25, 0.3) is 0 Å². The first-order valence-electron chi connectivity index (χ1n) is 7.50. The van der Waals surface area contributed by atoms with Crippen LogP contribution < -0.4 is 5.32 Å². The van der Waals surface area contributed by atoms with Gasteiger partial charge in [0, 0.05) is 42.0 Å². The van der Waals surface area contributed by atoms with Gasteiger partial charge in [-0.2, -0.15) is 0 Å². The molecule has 2 heterocycles. The predicted molar refractivity (Wildman–Crippen MR) is 85.6 cm³/mol. The SMILES string of the molecule is C=CC(=O)N[C@H]1CCN(C(=O)c2ccnc(C(C)(C)C)c2)C1. The molecular weight excluding hydrogens is 278 g/mol. The third kappa shape index (κ3) is 3.72. The number of nitrogens with one attached hydrogen (secondary N) is 1. The molecule has 1 saturated heterocycles. The van der Waals surface area contributed by atoms with Crippen molar-refractivity contribution in [2.45, 2.75) is 38.6 Å². The maximum atomic E-state index is 12.6. The predicted octanol–water partition coefficient (Wildman–Crippen LogP) is 1.90. The van der Waals surface area contributed by atoms with E-state index in [0.29, 0.717) is 18.7 Å². The molecule has 1 atom stereocenters. The van der Waals surface area contributed by atoms with Crippen molar-refractivity contribution in [1.82, 2.24) is 15.2 Å². The Morgan fingerprint density at radius 1 is 1.45 bits per heavy atom. The van der Waals surface area contributed by atoms with Crippen LogP contribution in [0.3, 0.4) is 0 Å². The van der Waals surface area contributed by atoms with Gasteiger partial charge in [0.05, 0.1) is 0 Å². The average Bonchev–Trinajstić information content (AvgIpc) is 2.94. The van der Waals surface area contributed by atoms with Gasteiger partial charge < -0.3 is 10.2 Å². The van der Waals surface area contributed by atoms with Crippen LogP contribution in [0.5, 0.6) is 0 Å². The highest BCUT2D eigenvalue weighted by atomic mass is 16.2. The fourth-order valence-electron chi connectivity index (χ4n) is 2.48. The minimum absolute atomic E-state index is 0.00151. The van der Waals surface area contributed by atoms with Gasteiger partial charge in [-0.15, -0.1) is 0 Å². The smallest absolute Gasteiger partial charge is 0.254 e. The summed E-state index contributed by atoms with van der Waals surface area (Å²) in [5, 5.41) is 2.84. The summed E-state index contributed by atoms with van der Waals surface area (Å²) in [5.74, 6) is -0.207. The molecule has 0 unspecified atom stereocenters. The Morgan fingerprint density at radius 2 is 2.18 bits per heavy atom. The fourth-order valence-corrected chi connectivity index (χ4v) is 2.48. The van der Waals surface area contributed by atoms with Crippen LogP contribution in [0.15, 0.2) is 31.0 Å². The Labute approximate surface area is 131 Å². The summed E-state index contributed by atoms with van der Waals surface area (Å²) in [6.45, 7) is 10.8. The van der Waals surface area contributed by atoms with Gasteiger partial charge in [-0.3, -0.25) is 14.6 Å². The zero-order chi connectivity index (χ0) is 16.3. The maximum absolute atomic E-state index is 12.6. The van der Waals surface area contributed by atoms with Gasteiger partial charge in [0.25, 0.3) is 5.91 Å². The number of pyridine rings is 1. The molecule has 0 saturated carbocycles. The van der Waals surface area contributed by atoms with Crippen LogP contribution in [0.2, 0.25) is 0 Å². The fraction of sp³-hybridized carbons (Fsp3) is 0.471. The molecule has 1 aromatic rings. The topological polar surface area (TPSA) is 62.3 Å². The van der Waals surface area contributed by atoms with Crippen molar-refractivity contribution >= 4 is 11.8 Å². The zero-order valence-electron chi connectivity index (χ0n) is 13.4. The second-order valence-electron chi connectivity index (χ2n) is 6.63. The van der Waals surface area contributed by atoms with Gasteiger partial charge in [0.15, 0.2) is 0 Å². The van der Waals surface area contributed by atoms with E-state index in [1.807, 2.05) is 6.07 Å². The Kier molecular flexibility index (Phi) is 4.64. The van der Waals surface area contributed by atoms with Gasteiger partial charge in [-0.05, 0) is 24.6 Å². The second kappa shape index (κ2) is 6.30. The molecule has 1 aliphatic rings. The summed E-state index contributed by atoms with van der Waals surface area (Å²) >= 11 is 0. The first kappa shape index (κ1) is 16.2. The van der Waals surface area contributed by atoms with Crippen molar-refractivity contribution in [1.29, 1.82) is 0 Å². The van der Waals surface area contributed by atoms with Crippen molar-refractivity contribution in [2.24, 2.45) is 0 Å². The molecule has 2 amide bonds. The molecule has 1 aliphatic heterocycles. The van der Waals surface area contributed by atoms with E-state index in [0.717, 1.165) is 12.1 Å². The molecule has 1 N–H and O–H groups in total. The van der Waals surface area contributed by atoms with Gasteiger partial charge in [-0.25, -0.2) is 0 Å². The van der Waals surface area contributed by atoms with Crippen LogP contribution in [-0.2, 0) is 10.2 Å². The van der Waals surface area contributed by atoms with E-state index in [-0.39, 0.29) is 23.3 Å². The second-order valence-corrected chi connectivity index (χ2v) is 6.63. The largest absolute Gasteiger partial charge is 0.348 e. The van der Waals surface area contributed by atoms with E-state index in [4.69, 9.17) is 0 Å². The van der Waals surface area contributed by atoms with Crippen molar-refractivity contribution in [3.8, 4) is 0 Å². The molecule has 1 fully saturated rings. The molecule has 0 bridgehead atoms. The molecule has 0 aromatic carbocycles. The molecule has 5 nitrogen and oxygen atoms in total. The lowest BCUT2D eigenvalue weighted by atomic mass is 9.91. The number of hydrogen-bond donors (Lipinski definition) is 1. The lowest BCUT2D eigenvalue weighted by molar-refractivity contribution is -0.117. The van der Waals surface area contributed by atoms with Crippen LogP contribution in [0, 0.1) is 0 Å². The highest BCUT2D eigenvalue weighted by Gasteiger charge is 2.28. The highest BCUT2D eigenvalue weighted by Crippen LogP contribution is 2.22. The number of likely N-dealkylation sites (tertiary alicyclic amines) is 1. The molecule has 22 heavy (non-hydrogen) atoms. The molecule has 1 aromatic heterocycles. The van der Waals surface area contributed by atoms with E-state index in [2.05, 4.69) is 37.7 Å². The third-order valence-electron chi connectivity index (χ3n) is 3.78. The number of hydrogen-bond acceptors (Lipinski definition) is 3. The first-order valence-corrected chi connectivity index (χ1v) is 7.50. The molecule has 0 spiro atoms. The van der Waals surface area contributed by atoms with E-state index in [9.17, 15) is 9.59 Å². The van der Waals surface area contributed by atoms with Gasteiger partial charge in [-0.1, -0.05) is 27.4 Å². The van der Waals surface area contributed by atoms with E-state index in [1.54, 1.807) is 17.2 Å². The molecule has 0 aliphatic carbocycles. The molecular formula is C17H23N3O2. The Hall–Kier alpha value is -2.17. The summed E-state index contributed by atoms with van der Waals surface area (Å²) in [4.78, 5) is 30.0. The summed E-state index contributed by atoms with van der Waals surface area (Å²) < 4.78 is 0. The summed E-state index contributed by atoms with van der Waals surface area (Å²) in [6, 6.07) is 3.60. The van der Waals surface area contributed by atoms with Gasteiger partial charge in [0.2, 0.25) is 5.91 Å². The molecule has 2 rings (SSSR count). The summed E-state index contributed by atoms with van der Waals surface area (Å²) in [7, 11) is 0. The van der Waals surface area contributed by atoms with E-state index >= 15 is 0 Å². The summed E-state index contributed by atoms with van der Waals surface area (Å²) in [6.07, 6.45) is 3.70. The number of rotatable bonds is 3. The number of carbonyl (C=O) groups is 2. The van der Waals surface area contributed by atoms with Gasteiger partial charge >= 0.3 is 0 Å². The van der Waals surface area contributed by atoms with Crippen LogP contribution in [-0.4, -0.2) is 40.8 Å². The van der Waals surface area contributed by atoms with Crippen molar-refractivity contribution in [3.63, 3.8) is 0 Å². The maximum Gasteiger partial charge on any atom is 0.254 e. The first-order chi connectivity index (χ1) is 10.3. The molecule has 118 valence electrons. The van der Waals surface area contributed by atoms with Crippen molar-refractivity contribution in [3.05, 3.63) is 42.2 Å². The van der Waals surface area contributed by atoms with E-state index in [1.165, 1.54) is 6.08 Å². The standard InChI is InChI=1S/C17H23N3O2/c1-5-15(21)19-13-7-9-20(11-13)16(22)12-6-8-18-14(10-12)17(2,3)4/h5-6,8,10,13H,1,7,9,11H2,2-4H3,(H,19,21)/t13-/m0/s1. The van der Waals surface area contributed by atoms with Gasteiger partial charge in [0.1, 0.15) is 0 Å². The highest BCUT2D eigenvalue weighted by molar-refractivity contribution is 5.94. The normalized spacial score (nSPS) is 18.1. The summed E-state index contributed by atoms with van der Waals surface area (Å²) in [5.41, 5.74) is 1.45. The minimum atomic E-state index is -0.196. The number of aromatic nitrogens is 1. The van der Waals surface area contributed by atoms with Crippen LogP contribution >= 0.6 is 0 Å². The minimum Gasteiger partial charge on any atom is -0.348 e. The molecule has 5 heteroatoms. The Balaban J connectivity index is 2.07.